The number of furan rings is 1. The smallest absolute Gasteiger partial charge is 0.234 e. The van der Waals surface area contributed by atoms with Crippen LogP contribution in [-0.4, -0.2) is 62.1 Å². The molecule has 1 aliphatic carbocycles. The van der Waals surface area contributed by atoms with Crippen LogP contribution in [0.15, 0.2) is 27.8 Å². The summed E-state index contributed by atoms with van der Waals surface area (Å²) in [6.07, 6.45) is 12.3. The molecule has 7 heteroatoms. The molecule has 0 radical (unpaired) electrons. The van der Waals surface area contributed by atoms with Crippen molar-refractivity contribution in [3.05, 3.63) is 24.2 Å². The predicted octanol–water partition coefficient (Wildman–Crippen LogP) is 2.93. The van der Waals surface area contributed by atoms with Gasteiger partial charge in [-0.25, -0.2) is 0 Å². The molecule has 3 rings (SSSR count). The van der Waals surface area contributed by atoms with Gasteiger partial charge in [0.2, 0.25) is 5.91 Å². The highest BCUT2D eigenvalue weighted by molar-refractivity contribution is 5.80. The van der Waals surface area contributed by atoms with E-state index in [4.69, 9.17) is 9.41 Å². The molecule has 2 heterocycles. The number of hydrogen-bond donors (Lipinski definition) is 3. The minimum Gasteiger partial charge on any atom is -0.469 e. The molecular weight excluding hydrogens is 390 g/mol. The standard InChI is InChI=1S/C24H41N5O2/c1-2-13-25-23(30)19-29-15-11-21(12-16-29)28-24(26-14-10-22-9-6-17-31-22)27-18-20-7-4-3-5-8-20/h6,9,17,20-21H,2-5,7-8,10-16,18-19H2,1H3,(H,25,30)(H2,26,27,28). The summed E-state index contributed by atoms with van der Waals surface area (Å²) in [6.45, 7) is 6.96. The average molecular weight is 432 g/mol. The Bertz CT molecular complexity index is 647. The summed E-state index contributed by atoms with van der Waals surface area (Å²) in [5.41, 5.74) is 0. The first-order chi connectivity index (χ1) is 15.2. The van der Waals surface area contributed by atoms with Gasteiger partial charge in [0.1, 0.15) is 5.76 Å². The van der Waals surface area contributed by atoms with Crippen LogP contribution in [0.5, 0.6) is 0 Å². The van der Waals surface area contributed by atoms with Crippen LogP contribution < -0.4 is 16.0 Å². The largest absolute Gasteiger partial charge is 0.469 e. The number of amides is 1. The molecule has 2 fully saturated rings. The molecule has 0 aromatic carbocycles. The summed E-state index contributed by atoms with van der Waals surface area (Å²) < 4.78 is 5.45. The maximum Gasteiger partial charge on any atom is 0.234 e. The molecule has 1 aliphatic heterocycles. The van der Waals surface area contributed by atoms with E-state index < -0.39 is 0 Å². The van der Waals surface area contributed by atoms with Crippen molar-refractivity contribution in [3.8, 4) is 0 Å². The summed E-state index contributed by atoms with van der Waals surface area (Å²) >= 11 is 0. The Labute approximate surface area is 187 Å². The monoisotopic (exact) mass is 431 g/mol. The van der Waals surface area contributed by atoms with Gasteiger partial charge in [-0.05, 0) is 50.2 Å². The van der Waals surface area contributed by atoms with E-state index in [-0.39, 0.29) is 5.91 Å². The van der Waals surface area contributed by atoms with Crippen molar-refractivity contribution < 1.29 is 9.21 Å². The molecule has 7 nitrogen and oxygen atoms in total. The summed E-state index contributed by atoms with van der Waals surface area (Å²) in [6, 6.07) is 4.35. The third-order valence-corrected chi connectivity index (χ3v) is 6.34. The number of rotatable bonds is 10. The van der Waals surface area contributed by atoms with Gasteiger partial charge in [0.25, 0.3) is 0 Å². The van der Waals surface area contributed by atoms with Crippen LogP contribution in [0.3, 0.4) is 0 Å². The third-order valence-electron chi connectivity index (χ3n) is 6.34. The SMILES string of the molecule is CCCNC(=O)CN1CCC(NC(=NCC2CCCCC2)NCCc2ccco2)CC1. The number of guanidine groups is 1. The first kappa shape index (κ1) is 23.6. The van der Waals surface area contributed by atoms with Gasteiger partial charge in [-0.15, -0.1) is 0 Å². The minimum atomic E-state index is 0.141. The number of nitrogens with one attached hydrogen (secondary N) is 3. The molecule has 0 unspecified atom stereocenters. The molecule has 1 amide bonds. The van der Waals surface area contributed by atoms with Crippen LogP contribution in [0.1, 0.15) is 64.1 Å². The van der Waals surface area contributed by atoms with E-state index in [0.717, 1.165) is 76.0 Å². The van der Waals surface area contributed by atoms with Crippen LogP contribution in [0.2, 0.25) is 0 Å². The van der Waals surface area contributed by atoms with Gasteiger partial charge in [-0.1, -0.05) is 26.2 Å². The normalized spacial score (nSPS) is 19.3. The Morgan fingerprint density at radius 2 is 1.94 bits per heavy atom. The lowest BCUT2D eigenvalue weighted by Crippen LogP contribution is -2.50. The summed E-state index contributed by atoms with van der Waals surface area (Å²) in [5, 5.41) is 10.2. The zero-order valence-electron chi connectivity index (χ0n) is 19.2. The molecule has 1 aromatic rings. The molecular formula is C24H41N5O2. The van der Waals surface area contributed by atoms with Crippen LogP contribution in [0.4, 0.5) is 0 Å². The Kier molecular flexibility index (Phi) is 10.2. The molecule has 0 bridgehead atoms. The fourth-order valence-corrected chi connectivity index (χ4v) is 4.45. The van der Waals surface area contributed by atoms with Gasteiger partial charge in [0.15, 0.2) is 5.96 Å². The Morgan fingerprint density at radius 3 is 2.65 bits per heavy atom. The molecule has 31 heavy (non-hydrogen) atoms. The van der Waals surface area contributed by atoms with Crippen molar-refractivity contribution in [2.45, 2.75) is 70.8 Å². The van der Waals surface area contributed by atoms with E-state index in [2.05, 4.69) is 27.8 Å². The van der Waals surface area contributed by atoms with E-state index in [1.54, 1.807) is 6.26 Å². The minimum absolute atomic E-state index is 0.141. The van der Waals surface area contributed by atoms with E-state index in [1.165, 1.54) is 32.1 Å². The van der Waals surface area contributed by atoms with Gasteiger partial charge in [-0.2, -0.15) is 0 Å². The maximum atomic E-state index is 12.0. The number of likely N-dealkylation sites (tertiary alicyclic amines) is 1. The number of hydrogen-bond acceptors (Lipinski definition) is 4. The Morgan fingerprint density at radius 1 is 1.13 bits per heavy atom. The highest BCUT2D eigenvalue weighted by Crippen LogP contribution is 2.23. The summed E-state index contributed by atoms with van der Waals surface area (Å²) in [4.78, 5) is 19.2. The van der Waals surface area contributed by atoms with Crippen LogP contribution in [-0.2, 0) is 11.2 Å². The number of piperidine rings is 1. The van der Waals surface area contributed by atoms with Crippen molar-refractivity contribution in [2.75, 3.05) is 39.3 Å². The fraction of sp³-hybridized carbons (Fsp3) is 0.750. The fourth-order valence-electron chi connectivity index (χ4n) is 4.45. The second-order valence-electron chi connectivity index (χ2n) is 8.99. The third kappa shape index (κ3) is 8.93. The van der Waals surface area contributed by atoms with Gasteiger partial charge >= 0.3 is 0 Å². The lowest BCUT2D eigenvalue weighted by Gasteiger charge is -2.32. The van der Waals surface area contributed by atoms with Crippen molar-refractivity contribution >= 4 is 11.9 Å². The average Bonchev–Trinajstić information content (AvgIpc) is 3.31. The van der Waals surface area contributed by atoms with Crippen molar-refractivity contribution in [3.63, 3.8) is 0 Å². The number of carbonyl (C=O) groups is 1. The molecule has 1 saturated heterocycles. The lowest BCUT2D eigenvalue weighted by molar-refractivity contribution is -0.122. The Hall–Kier alpha value is -2.02. The van der Waals surface area contributed by atoms with Gasteiger partial charge in [0, 0.05) is 45.2 Å². The van der Waals surface area contributed by atoms with Crippen LogP contribution >= 0.6 is 0 Å². The lowest BCUT2D eigenvalue weighted by atomic mass is 9.89. The summed E-state index contributed by atoms with van der Waals surface area (Å²) in [5.74, 6) is 2.79. The van der Waals surface area contributed by atoms with E-state index in [9.17, 15) is 4.79 Å². The topological polar surface area (TPSA) is 81.9 Å². The molecule has 0 spiro atoms. The van der Waals surface area contributed by atoms with Crippen LogP contribution in [0, 0.1) is 5.92 Å². The molecule has 174 valence electrons. The first-order valence-electron chi connectivity index (χ1n) is 12.3. The van der Waals surface area contributed by atoms with Gasteiger partial charge in [0.05, 0.1) is 12.8 Å². The molecule has 1 saturated carbocycles. The highest BCUT2D eigenvalue weighted by atomic mass is 16.3. The molecule has 2 aliphatic rings. The second-order valence-corrected chi connectivity index (χ2v) is 8.99. The predicted molar refractivity (Wildman–Crippen MR) is 125 cm³/mol. The number of nitrogens with zero attached hydrogens (tertiary/aromatic N) is 2. The van der Waals surface area contributed by atoms with E-state index in [1.807, 2.05) is 12.1 Å². The second kappa shape index (κ2) is 13.4. The highest BCUT2D eigenvalue weighted by Gasteiger charge is 2.22. The van der Waals surface area contributed by atoms with Crippen molar-refractivity contribution in [1.82, 2.24) is 20.9 Å². The number of aliphatic imine (C=N–C) groups is 1. The Balaban J connectivity index is 1.44. The van der Waals surface area contributed by atoms with Crippen molar-refractivity contribution in [1.29, 1.82) is 0 Å². The quantitative estimate of drug-likeness (QED) is 0.392. The zero-order chi connectivity index (χ0) is 21.7. The van der Waals surface area contributed by atoms with Crippen molar-refractivity contribution in [2.24, 2.45) is 10.9 Å². The zero-order valence-corrected chi connectivity index (χ0v) is 19.2. The summed E-state index contributed by atoms with van der Waals surface area (Å²) in [7, 11) is 0. The molecule has 1 aromatic heterocycles. The van der Waals surface area contributed by atoms with E-state index >= 15 is 0 Å². The molecule has 3 N–H and O–H groups in total. The van der Waals surface area contributed by atoms with E-state index in [0.29, 0.717) is 12.6 Å². The first-order valence-corrected chi connectivity index (χ1v) is 12.3. The van der Waals surface area contributed by atoms with Gasteiger partial charge in [-0.3, -0.25) is 14.7 Å². The van der Waals surface area contributed by atoms with Crippen LogP contribution in [0.25, 0.3) is 0 Å². The molecule has 0 atom stereocenters. The number of carbonyl (C=O) groups excluding carboxylic acids is 1. The maximum absolute atomic E-state index is 12.0. The van der Waals surface area contributed by atoms with Gasteiger partial charge < -0.3 is 20.4 Å².